The maximum Gasteiger partial charge on any atom is 0.266 e. The van der Waals surface area contributed by atoms with Gasteiger partial charge in [-0.05, 0) is 25.8 Å². The predicted molar refractivity (Wildman–Crippen MR) is 106 cm³/mol. The Morgan fingerprint density at radius 2 is 1.97 bits per heavy atom. The van der Waals surface area contributed by atoms with Crippen LogP contribution in [0.15, 0.2) is 41.8 Å². The van der Waals surface area contributed by atoms with Crippen LogP contribution in [0.1, 0.15) is 55.1 Å². The lowest BCUT2D eigenvalue weighted by Crippen LogP contribution is -2.19. The number of fused-ring (bicyclic) bond motifs is 1. The lowest BCUT2D eigenvalue weighted by atomic mass is 10.0. The van der Waals surface area contributed by atoms with Gasteiger partial charge in [0.25, 0.3) is 12.0 Å². The van der Waals surface area contributed by atoms with Crippen molar-refractivity contribution < 1.29 is 13.2 Å². The average Bonchev–Trinajstić information content (AvgIpc) is 3.52. The molecule has 8 heteroatoms. The Labute approximate surface area is 164 Å². The normalized spacial score (nSPS) is 14.9. The van der Waals surface area contributed by atoms with Gasteiger partial charge < -0.3 is 9.88 Å². The number of nitrogens with one attached hydrogen (secondary N) is 1. The number of aromatic nitrogens is 3. The average molecular weight is 400 g/mol. The molecule has 1 aliphatic carbocycles. The highest BCUT2D eigenvalue weighted by atomic mass is 19.3. The minimum absolute atomic E-state index is 0.0982. The summed E-state index contributed by atoms with van der Waals surface area (Å²) in [6.07, 6.45) is 2.20. The highest BCUT2D eigenvalue weighted by Gasteiger charge is 2.26. The van der Waals surface area contributed by atoms with Gasteiger partial charge >= 0.3 is 0 Å². The molecule has 2 aromatic heterocycles. The van der Waals surface area contributed by atoms with E-state index < -0.39 is 23.8 Å². The van der Waals surface area contributed by atoms with Crippen molar-refractivity contribution in [3.05, 3.63) is 70.0 Å². The first-order valence-corrected chi connectivity index (χ1v) is 9.28. The van der Waals surface area contributed by atoms with E-state index in [2.05, 4.69) is 22.1 Å². The van der Waals surface area contributed by atoms with E-state index in [1.165, 1.54) is 24.3 Å². The highest BCUT2D eigenvalue weighted by Crippen LogP contribution is 2.35. The molecule has 1 fully saturated rings. The summed E-state index contributed by atoms with van der Waals surface area (Å²) < 4.78 is 42.2. The molecule has 0 unspecified atom stereocenters. The van der Waals surface area contributed by atoms with Gasteiger partial charge in [-0.15, -0.1) is 10.2 Å². The van der Waals surface area contributed by atoms with Crippen molar-refractivity contribution in [1.29, 1.82) is 0 Å². The third kappa shape index (κ3) is 3.50. The van der Waals surface area contributed by atoms with Crippen molar-refractivity contribution in [3.63, 3.8) is 0 Å². The molecule has 29 heavy (non-hydrogen) atoms. The van der Waals surface area contributed by atoms with Crippen LogP contribution in [-0.2, 0) is 0 Å². The number of anilines is 1. The molecule has 1 N–H and O–H groups in total. The zero-order valence-corrected chi connectivity index (χ0v) is 15.7. The molecule has 0 amide bonds. The summed E-state index contributed by atoms with van der Waals surface area (Å²) in [6, 6.07) is 4.92. The second-order valence-corrected chi connectivity index (χ2v) is 7.13. The van der Waals surface area contributed by atoms with Crippen LogP contribution in [0, 0.1) is 5.82 Å². The van der Waals surface area contributed by atoms with Crippen LogP contribution in [-0.4, -0.2) is 14.8 Å². The van der Waals surface area contributed by atoms with Gasteiger partial charge in [-0.25, -0.2) is 13.2 Å². The van der Waals surface area contributed by atoms with Gasteiger partial charge in [0, 0.05) is 34.6 Å². The van der Waals surface area contributed by atoms with Gasteiger partial charge in [0.15, 0.2) is 5.82 Å². The highest BCUT2D eigenvalue weighted by molar-refractivity contribution is 5.95. The molecule has 1 atom stereocenters. The zero-order valence-electron chi connectivity index (χ0n) is 15.7. The fourth-order valence-electron chi connectivity index (χ4n) is 3.41. The smallest absolute Gasteiger partial charge is 0.266 e. The molecule has 4 rings (SSSR count). The summed E-state index contributed by atoms with van der Waals surface area (Å²) in [6.45, 7) is 5.36. The van der Waals surface area contributed by atoms with Gasteiger partial charge in [0.2, 0.25) is 0 Å². The minimum atomic E-state index is -2.90. The van der Waals surface area contributed by atoms with E-state index in [0.717, 1.165) is 18.9 Å². The first-order valence-electron chi connectivity index (χ1n) is 9.28. The Morgan fingerprint density at radius 3 is 2.62 bits per heavy atom. The number of hydrogen-bond donors (Lipinski definition) is 1. The number of halogens is 3. The van der Waals surface area contributed by atoms with Crippen LogP contribution < -0.4 is 10.9 Å². The monoisotopic (exact) mass is 400 g/mol. The van der Waals surface area contributed by atoms with E-state index in [0.29, 0.717) is 22.3 Å². The van der Waals surface area contributed by atoms with E-state index in [9.17, 15) is 18.0 Å². The fourth-order valence-corrected chi connectivity index (χ4v) is 3.41. The minimum Gasteiger partial charge on any atom is -0.361 e. The molecule has 2 heterocycles. The van der Waals surface area contributed by atoms with Crippen molar-refractivity contribution in [2.75, 3.05) is 5.32 Å². The molecule has 1 aliphatic rings. The molecule has 0 spiro atoms. The molecule has 0 aliphatic heterocycles. The number of benzene rings is 1. The summed E-state index contributed by atoms with van der Waals surface area (Å²) in [7, 11) is 0. The number of alkyl halides is 2. The summed E-state index contributed by atoms with van der Waals surface area (Å²) in [4.78, 5) is 12.4. The van der Waals surface area contributed by atoms with Crippen LogP contribution in [0.25, 0.3) is 16.8 Å². The topological polar surface area (TPSA) is 59.8 Å². The van der Waals surface area contributed by atoms with Gasteiger partial charge in [-0.2, -0.15) is 0 Å². The SMILES string of the molecule is C=Cc1nnc(N[C@H](C)c2cccc(C(F)F)c2F)c2cn(C3CC3)c(=O)cc12. The Kier molecular flexibility index (Phi) is 4.86. The van der Waals surface area contributed by atoms with Crippen LogP contribution in [0.4, 0.5) is 19.0 Å². The van der Waals surface area contributed by atoms with E-state index in [-0.39, 0.29) is 17.2 Å². The van der Waals surface area contributed by atoms with Crippen LogP contribution in [0.5, 0.6) is 0 Å². The Morgan fingerprint density at radius 1 is 1.24 bits per heavy atom. The lowest BCUT2D eigenvalue weighted by Gasteiger charge is -2.19. The van der Waals surface area contributed by atoms with E-state index in [4.69, 9.17) is 0 Å². The van der Waals surface area contributed by atoms with Crippen LogP contribution in [0.2, 0.25) is 0 Å². The van der Waals surface area contributed by atoms with Crippen molar-refractivity contribution in [2.24, 2.45) is 0 Å². The molecular formula is C21H19F3N4O. The predicted octanol–water partition coefficient (Wildman–Crippen LogP) is 5.02. The summed E-state index contributed by atoms with van der Waals surface area (Å²) >= 11 is 0. The molecule has 5 nitrogen and oxygen atoms in total. The molecule has 0 radical (unpaired) electrons. The maximum absolute atomic E-state index is 14.5. The Hall–Kier alpha value is -3.16. The number of nitrogens with zero attached hydrogens (tertiary/aromatic N) is 3. The number of rotatable bonds is 6. The first-order chi connectivity index (χ1) is 13.9. The van der Waals surface area contributed by atoms with Gasteiger partial charge in [0.05, 0.1) is 17.3 Å². The van der Waals surface area contributed by atoms with Crippen molar-refractivity contribution >= 4 is 22.7 Å². The quantitative estimate of drug-likeness (QED) is 0.631. The Bertz CT molecular complexity index is 1150. The standard InChI is InChI=1S/C21H19F3N4O/c1-3-17-15-9-18(29)28(12-7-8-12)10-16(15)21(27-26-17)25-11(2)13-5-4-6-14(19(13)22)20(23)24/h3-6,9-12,20H,1,7-8H2,2H3,(H,25,27)/t11-/m1/s1. The van der Waals surface area contributed by atoms with Gasteiger partial charge in [-0.1, -0.05) is 24.8 Å². The largest absolute Gasteiger partial charge is 0.361 e. The third-order valence-electron chi connectivity index (χ3n) is 5.12. The molecule has 1 saturated carbocycles. The van der Waals surface area contributed by atoms with Crippen molar-refractivity contribution in [3.8, 4) is 0 Å². The molecular weight excluding hydrogens is 381 g/mol. The fraction of sp³-hybridized carbons (Fsp3) is 0.286. The van der Waals surface area contributed by atoms with Crippen molar-refractivity contribution in [1.82, 2.24) is 14.8 Å². The van der Waals surface area contributed by atoms with E-state index in [1.54, 1.807) is 17.7 Å². The Balaban J connectivity index is 1.78. The van der Waals surface area contributed by atoms with Gasteiger partial charge in [0.1, 0.15) is 5.82 Å². The molecule has 0 saturated heterocycles. The molecule has 150 valence electrons. The third-order valence-corrected chi connectivity index (χ3v) is 5.12. The zero-order chi connectivity index (χ0) is 20.7. The van der Waals surface area contributed by atoms with Gasteiger partial charge in [-0.3, -0.25) is 4.79 Å². The first kappa shape index (κ1) is 19.2. The van der Waals surface area contributed by atoms with Crippen LogP contribution in [0.3, 0.4) is 0 Å². The van der Waals surface area contributed by atoms with E-state index >= 15 is 0 Å². The summed E-state index contributed by atoms with van der Waals surface area (Å²) in [5.41, 5.74) is -0.215. The molecule has 1 aromatic carbocycles. The van der Waals surface area contributed by atoms with E-state index in [1.807, 2.05) is 0 Å². The van der Waals surface area contributed by atoms with Crippen LogP contribution >= 0.6 is 0 Å². The molecule has 0 bridgehead atoms. The summed E-state index contributed by atoms with van der Waals surface area (Å²) in [5, 5.41) is 12.5. The summed E-state index contributed by atoms with van der Waals surface area (Å²) in [5.74, 6) is -0.605. The van der Waals surface area contributed by atoms with Crippen molar-refractivity contribution in [2.45, 2.75) is 38.3 Å². The second kappa shape index (κ2) is 7.35. The number of pyridine rings is 1. The lowest BCUT2D eigenvalue weighted by molar-refractivity contribution is 0.146. The number of hydrogen-bond acceptors (Lipinski definition) is 4. The molecule has 3 aromatic rings. The maximum atomic E-state index is 14.5. The second-order valence-electron chi connectivity index (χ2n) is 7.13.